The zero-order chi connectivity index (χ0) is 21.8. The Morgan fingerprint density at radius 1 is 1.06 bits per heavy atom. The van der Waals surface area contributed by atoms with Crippen LogP contribution in [0.4, 0.5) is 10.5 Å². The van der Waals surface area contributed by atoms with E-state index in [2.05, 4.69) is 11.4 Å². The molecule has 1 aliphatic heterocycles. The molecule has 1 saturated heterocycles. The zero-order valence-electron chi connectivity index (χ0n) is 18.0. The smallest absolute Gasteiger partial charge is 0.410 e. The van der Waals surface area contributed by atoms with E-state index in [9.17, 15) is 4.79 Å². The fourth-order valence-corrected chi connectivity index (χ4v) is 4.57. The molecule has 166 valence electrons. The molecule has 1 N–H and O–H groups in total. The fraction of sp³-hybridized carbons (Fsp3) is 0.458. The van der Waals surface area contributed by atoms with Gasteiger partial charge in [-0.05, 0) is 54.7 Å². The van der Waals surface area contributed by atoms with Crippen LogP contribution in [0.5, 0.6) is 11.5 Å². The molecule has 2 aromatic carbocycles. The third-order valence-corrected chi connectivity index (χ3v) is 6.42. The lowest BCUT2D eigenvalue weighted by Gasteiger charge is -2.23. The van der Waals surface area contributed by atoms with Crippen molar-refractivity contribution < 1.29 is 19.0 Å². The molecular formula is C24H29ClN2O4. The van der Waals surface area contributed by atoms with Crippen molar-refractivity contribution in [2.24, 2.45) is 0 Å². The Morgan fingerprint density at radius 2 is 1.81 bits per heavy atom. The molecule has 1 atom stereocenters. The van der Waals surface area contributed by atoms with E-state index in [1.54, 1.807) is 19.1 Å². The molecule has 1 saturated carbocycles. The summed E-state index contributed by atoms with van der Waals surface area (Å²) in [4.78, 5) is 14.2. The van der Waals surface area contributed by atoms with Crippen LogP contribution < -0.4 is 14.8 Å². The number of hydrogen-bond acceptors (Lipinski definition) is 5. The second kappa shape index (κ2) is 9.69. The number of benzene rings is 2. The predicted octanol–water partition coefficient (Wildman–Crippen LogP) is 5.28. The lowest BCUT2D eigenvalue weighted by molar-refractivity contribution is 0.156. The van der Waals surface area contributed by atoms with Crippen LogP contribution in [0.2, 0.25) is 5.02 Å². The van der Waals surface area contributed by atoms with E-state index >= 15 is 0 Å². The molecule has 7 heteroatoms. The summed E-state index contributed by atoms with van der Waals surface area (Å²) in [6.07, 6.45) is 5.25. The Morgan fingerprint density at radius 3 is 2.55 bits per heavy atom. The van der Waals surface area contributed by atoms with Crippen molar-refractivity contribution in [1.29, 1.82) is 0 Å². The Hall–Kier alpha value is -2.60. The average molecular weight is 445 g/mol. The minimum absolute atomic E-state index is 0.0486. The predicted molar refractivity (Wildman–Crippen MR) is 121 cm³/mol. The monoisotopic (exact) mass is 444 g/mol. The maximum absolute atomic E-state index is 12.5. The van der Waals surface area contributed by atoms with Crippen LogP contribution in [0.15, 0.2) is 36.4 Å². The van der Waals surface area contributed by atoms with Gasteiger partial charge in [0.25, 0.3) is 0 Å². The average Bonchev–Trinajstić information content (AvgIpc) is 3.41. The first-order valence-corrected chi connectivity index (χ1v) is 11.1. The van der Waals surface area contributed by atoms with E-state index in [1.807, 2.05) is 30.3 Å². The van der Waals surface area contributed by atoms with Crippen LogP contribution in [0.1, 0.15) is 36.8 Å². The third-order valence-electron chi connectivity index (χ3n) is 6.09. The van der Waals surface area contributed by atoms with Gasteiger partial charge < -0.3 is 19.5 Å². The molecule has 0 aromatic heterocycles. The van der Waals surface area contributed by atoms with E-state index in [4.69, 9.17) is 25.8 Å². The second-order valence-corrected chi connectivity index (χ2v) is 8.60. The number of nitrogens with one attached hydrogen (secondary N) is 1. The van der Waals surface area contributed by atoms with Crippen LogP contribution in [0, 0.1) is 0 Å². The van der Waals surface area contributed by atoms with E-state index in [-0.39, 0.29) is 12.1 Å². The lowest BCUT2D eigenvalue weighted by Crippen LogP contribution is -2.34. The highest BCUT2D eigenvalue weighted by Crippen LogP contribution is 2.31. The number of cyclic esters (lactones) is 1. The van der Waals surface area contributed by atoms with Crippen molar-refractivity contribution in [2.45, 2.75) is 50.7 Å². The van der Waals surface area contributed by atoms with E-state index in [0.717, 1.165) is 16.8 Å². The number of anilines is 1. The molecule has 0 bridgehead atoms. The van der Waals surface area contributed by atoms with Gasteiger partial charge in [0.15, 0.2) is 11.5 Å². The third kappa shape index (κ3) is 5.01. The molecule has 1 unspecified atom stereocenters. The van der Waals surface area contributed by atoms with Gasteiger partial charge >= 0.3 is 6.09 Å². The summed E-state index contributed by atoms with van der Waals surface area (Å²) >= 11 is 6.42. The van der Waals surface area contributed by atoms with E-state index < -0.39 is 0 Å². The highest BCUT2D eigenvalue weighted by molar-refractivity contribution is 6.33. The number of rotatable bonds is 8. The van der Waals surface area contributed by atoms with E-state index in [1.165, 1.54) is 25.7 Å². The first kappa shape index (κ1) is 21.6. The van der Waals surface area contributed by atoms with Crippen molar-refractivity contribution in [1.82, 2.24) is 4.90 Å². The number of carbonyl (C=O) groups is 1. The topological polar surface area (TPSA) is 60.0 Å². The van der Waals surface area contributed by atoms with Gasteiger partial charge in [-0.1, -0.05) is 36.6 Å². The second-order valence-electron chi connectivity index (χ2n) is 8.19. The maximum Gasteiger partial charge on any atom is 0.410 e. The summed E-state index contributed by atoms with van der Waals surface area (Å²) in [5.74, 6) is 1.36. The van der Waals surface area contributed by atoms with Crippen LogP contribution in [-0.2, 0) is 17.7 Å². The molecule has 4 rings (SSSR count). The number of carbonyl (C=O) groups excluding carboxylic acids is 1. The normalized spacial score (nSPS) is 18.9. The van der Waals surface area contributed by atoms with Crippen molar-refractivity contribution in [2.75, 3.05) is 26.1 Å². The van der Waals surface area contributed by atoms with Gasteiger partial charge in [-0.3, -0.25) is 4.90 Å². The number of nitrogens with zero attached hydrogens (tertiary/aromatic N) is 1. The van der Waals surface area contributed by atoms with Gasteiger partial charge in [0.05, 0.1) is 31.0 Å². The van der Waals surface area contributed by atoms with Gasteiger partial charge in [0, 0.05) is 12.6 Å². The quantitative estimate of drug-likeness (QED) is 0.600. The summed E-state index contributed by atoms with van der Waals surface area (Å²) in [6, 6.07) is 12.2. The number of ether oxygens (including phenoxy) is 3. The Labute approximate surface area is 188 Å². The highest BCUT2D eigenvalue weighted by atomic mass is 35.5. The SMILES string of the molecule is COc1ccc(CC2COC(=O)N2Cc2ccc(Cl)c(NC3CCCC3)c2)cc1OC. The molecule has 1 heterocycles. The minimum atomic E-state index is -0.286. The van der Waals surface area contributed by atoms with Crippen LogP contribution in [0.25, 0.3) is 0 Å². The fourth-order valence-electron chi connectivity index (χ4n) is 4.40. The minimum Gasteiger partial charge on any atom is -0.493 e. The molecule has 1 aliphatic carbocycles. The number of halogens is 1. The summed E-state index contributed by atoms with van der Waals surface area (Å²) < 4.78 is 16.1. The molecule has 2 aliphatic rings. The van der Waals surface area contributed by atoms with Gasteiger partial charge in [0.2, 0.25) is 0 Å². The van der Waals surface area contributed by atoms with E-state index in [0.29, 0.717) is 42.1 Å². The Balaban J connectivity index is 1.47. The summed E-state index contributed by atoms with van der Waals surface area (Å²) in [5, 5.41) is 4.28. The number of hydrogen-bond donors (Lipinski definition) is 1. The number of methoxy groups -OCH3 is 2. The summed E-state index contributed by atoms with van der Waals surface area (Å²) in [5.41, 5.74) is 3.03. The molecule has 0 radical (unpaired) electrons. The molecule has 0 spiro atoms. The van der Waals surface area contributed by atoms with Crippen LogP contribution >= 0.6 is 11.6 Å². The van der Waals surface area contributed by atoms with Crippen molar-refractivity contribution in [3.8, 4) is 11.5 Å². The summed E-state index contributed by atoms with van der Waals surface area (Å²) in [6.45, 7) is 0.848. The summed E-state index contributed by atoms with van der Waals surface area (Å²) in [7, 11) is 3.23. The molecule has 6 nitrogen and oxygen atoms in total. The van der Waals surface area contributed by atoms with Crippen LogP contribution in [0.3, 0.4) is 0 Å². The zero-order valence-corrected chi connectivity index (χ0v) is 18.8. The van der Waals surface area contributed by atoms with Crippen molar-refractivity contribution in [3.05, 3.63) is 52.5 Å². The molecule has 2 fully saturated rings. The largest absolute Gasteiger partial charge is 0.493 e. The first-order chi connectivity index (χ1) is 15.1. The number of amides is 1. The van der Waals surface area contributed by atoms with Gasteiger partial charge in [-0.15, -0.1) is 0 Å². The van der Waals surface area contributed by atoms with Crippen molar-refractivity contribution in [3.63, 3.8) is 0 Å². The van der Waals surface area contributed by atoms with Crippen molar-refractivity contribution >= 4 is 23.4 Å². The van der Waals surface area contributed by atoms with Crippen LogP contribution in [-0.4, -0.2) is 43.9 Å². The van der Waals surface area contributed by atoms with Gasteiger partial charge in [-0.2, -0.15) is 0 Å². The Bertz CT molecular complexity index is 930. The first-order valence-electron chi connectivity index (χ1n) is 10.8. The lowest BCUT2D eigenvalue weighted by atomic mass is 10.0. The molecule has 1 amide bonds. The van der Waals surface area contributed by atoms with Gasteiger partial charge in [-0.25, -0.2) is 4.79 Å². The molecular weight excluding hydrogens is 416 g/mol. The molecule has 2 aromatic rings. The molecule has 31 heavy (non-hydrogen) atoms. The highest BCUT2D eigenvalue weighted by Gasteiger charge is 2.33. The van der Waals surface area contributed by atoms with Gasteiger partial charge in [0.1, 0.15) is 6.61 Å². The maximum atomic E-state index is 12.5. The standard InChI is InChI=1S/C24H29ClN2O4/c1-29-22-10-8-16(13-23(22)30-2)11-19-15-31-24(28)27(19)14-17-7-9-20(25)21(12-17)26-18-5-3-4-6-18/h7-10,12-13,18-19,26H,3-6,11,14-15H2,1-2H3. The Kier molecular flexibility index (Phi) is 6.76.